The molecule has 1 aromatic carbocycles. The van der Waals surface area contributed by atoms with E-state index in [1.165, 1.54) is 0 Å². The molecule has 0 bridgehead atoms. The van der Waals surface area contributed by atoms with Crippen molar-refractivity contribution >= 4 is 0 Å². The van der Waals surface area contributed by atoms with Crippen LogP contribution in [0, 0.1) is 6.57 Å². The van der Waals surface area contributed by atoms with E-state index in [0.29, 0.717) is 0 Å². The molecule has 1 unspecified atom stereocenters. The predicted molar refractivity (Wildman–Crippen MR) is 47.6 cm³/mol. The first-order valence-electron chi connectivity index (χ1n) is 4.07. The van der Waals surface area contributed by atoms with Crippen LogP contribution in [0.3, 0.4) is 0 Å². The fourth-order valence-corrected chi connectivity index (χ4v) is 1.25. The summed E-state index contributed by atoms with van der Waals surface area (Å²) in [6, 6.07) is 5.50. The second-order valence-electron chi connectivity index (χ2n) is 2.92. The van der Waals surface area contributed by atoms with Crippen LogP contribution in [-0.4, -0.2) is 6.79 Å². The summed E-state index contributed by atoms with van der Waals surface area (Å²) in [4.78, 5) is 3.44. The molecule has 0 amide bonds. The van der Waals surface area contributed by atoms with Crippen molar-refractivity contribution in [2.24, 2.45) is 0 Å². The predicted octanol–water partition coefficient (Wildman–Crippen LogP) is 2.40. The van der Waals surface area contributed by atoms with Gasteiger partial charge in [0.2, 0.25) is 12.8 Å². The molecule has 1 heterocycles. The van der Waals surface area contributed by atoms with E-state index < -0.39 is 0 Å². The SMILES string of the molecule is [C-]#[N+]C(C)c1ccc2c(c1)OCO2. The molecule has 0 spiro atoms. The van der Waals surface area contributed by atoms with Crippen molar-refractivity contribution < 1.29 is 9.47 Å². The molecule has 0 saturated carbocycles. The lowest BCUT2D eigenvalue weighted by molar-refractivity contribution is 0.174. The zero-order valence-corrected chi connectivity index (χ0v) is 7.28. The smallest absolute Gasteiger partial charge is 0.246 e. The van der Waals surface area contributed by atoms with Gasteiger partial charge >= 0.3 is 0 Å². The summed E-state index contributed by atoms with van der Waals surface area (Å²) in [7, 11) is 0. The highest BCUT2D eigenvalue weighted by Gasteiger charge is 2.16. The van der Waals surface area contributed by atoms with Crippen LogP contribution >= 0.6 is 0 Å². The number of rotatable bonds is 1. The van der Waals surface area contributed by atoms with Gasteiger partial charge in [0.1, 0.15) is 0 Å². The molecule has 0 N–H and O–H groups in total. The molecule has 1 aromatic rings. The first-order valence-corrected chi connectivity index (χ1v) is 4.07. The summed E-state index contributed by atoms with van der Waals surface area (Å²) in [5.41, 5.74) is 0.972. The van der Waals surface area contributed by atoms with Crippen LogP contribution in [0.5, 0.6) is 11.5 Å². The molecule has 66 valence electrons. The van der Waals surface area contributed by atoms with Gasteiger partial charge in [-0.25, -0.2) is 6.57 Å². The lowest BCUT2D eigenvalue weighted by Gasteiger charge is -2.00. The third-order valence-electron chi connectivity index (χ3n) is 2.07. The minimum atomic E-state index is -0.116. The maximum atomic E-state index is 6.90. The van der Waals surface area contributed by atoms with Gasteiger partial charge in [0.15, 0.2) is 11.5 Å². The van der Waals surface area contributed by atoms with Crippen molar-refractivity contribution in [1.82, 2.24) is 0 Å². The quantitative estimate of drug-likeness (QED) is 0.611. The molecule has 2 rings (SSSR count). The van der Waals surface area contributed by atoms with Crippen molar-refractivity contribution in [3.05, 3.63) is 35.2 Å². The third kappa shape index (κ3) is 1.31. The first kappa shape index (κ1) is 7.93. The van der Waals surface area contributed by atoms with Crippen LogP contribution in [0.25, 0.3) is 4.85 Å². The van der Waals surface area contributed by atoms with Gasteiger partial charge in [0, 0.05) is 12.5 Å². The van der Waals surface area contributed by atoms with Crippen molar-refractivity contribution in [2.45, 2.75) is 13.0 Å². The van der Waals surface area contributed by atoms with E-state index in [2.05, 4.69) is 4.85 Å². The molecule has 13 heavy (non-hydrogen) atoms. The Morgan fingerprint density at radius 2 is 2.15 bits per heavy atom. The summed E-state index contributed by atoms with van der Waals surface area (Å²) in [5.74, 6) is 1.51. The Hall–Kier alpha value is -1.69. The fraction of sp³-hybridized carbons (Fsp3) is 0.300. The second-order valence-corrected chi connectivity index (χ2v) is 2.92. The molecule has 0 aromatic heterocycles. The van der Waals surface area contributed by atoms with Crippen molar-refractivity contribution in [2.75, 3.05) is 6.79 Å². The van der Waals surface area contributed by atoms with E-state index in [4.69, 9.17) is 16.0 Å². The van der Waals surface area contributed by atoms with Crippen LogP contribution in [0.2, 0.25) is 0 Å². The molecule has 1 aliphatic rings. The summed E-state index contributed by atoms with van der Waals surface area (Å²) in [6.07, 6.45) is 0. The van der Waals surface area contributed by atoms with Crippen LogP contribution in [0.4, 0.5) is 0 Å². The van der Waals surface area contributed by atoms with Crippen LogP contribution in [0.1, 0.15) is 18.5 Å². The zero-order chi connectivity index (χ0) is 9.26. The molecule has 0 aliphatic carbocycles. The van der Waals surface area contributed by atoms with Gasteiger partial charge in [-0.1, -0.05) is 0 Å². The van der Waals surface area contributed by atoms with Crippen LogP contribution < -0.4 is 9.47 Å². The lowest BCUT2D eigenvalue weighted by atomic mass is 10.1. The number of nitrogens with zero attached hydrogens (tertiary/aromatic N) is 1. The van der Waals surface area contributed by atoms with E-state index in [0.717, 1.165) is 17.1 Å². The molecule has 3 nitrogen and oxygen atoms in total. The largest absolute Gasteiger partial charge is 0.454 e. The molecule has 3 heteroatoms. The Bertz CT molecular complexity index is 368. The molecule has 1 aliphatic heterocycles. The maximum absolute atomic E-state index is 6.90. The van der Waals surface area contributed by atoms with E-state index in [1.807, 2.05) is 25.1 Å². The van der Waals surface area contributed by atoms with Gasteiger partial charge < -0.3 is 14.3 Å². The monoisotopic (exact) mass is 175 g/mol. The Labute approximate surface area is 76.7 Å². The van der Waals surface area contributed by atoms with E-state index in [-0.39, 0.29) is 12.8 Å². The van der Waals surface area contributed by atoms with E-state index in [9.17, 15) is 0 Å². The number of hydrogen-bond donors (Lipinski definition) is 0. The maximum Gasteiger partial charge on any atom is 0.246 e. The molecule has 0 radical (unpaired) electrons. The first-order chi connectivity index (χ1) is 6.31. The summed E-state index contributed by atoms with van der Waals surface area (Å²) in [6.45, 7) is 9.04. The van der Waals surface area contributed by atoms with Gasteiger partial charge in [-0.2, -0.15) is 0 Å². The third-order valence-corrected chi connectivity index (χ3v) is 2.07. The standard InChI is InChI=1S/C10H9NO2/c1-7(11-2)8-3-4-9-10(5-8)13-6-12-9/h3-5,7H,6H2,1H3. The Kier molecular flexibility index (Phi) is 1.82. The van der Waals surface area contributed by atoms with Crippen LogP contribution in [-0.2, 0) is 0 Å². The van der Waals surface area contributed by atoms with Crippen molar-refractivity contribution in [1.29, 1.82) is 0 Å². The average Bonchev–Trinajstić information content (AvgIpc) is 2.63. The summed E-state index contributed by atoms with van der Waals surface area (Å²) < 4.78 is 10.4. The minimum Gasteiger partial charge on any atom is -0.454 e. The van der Waals surface area contributed by atoms with Gasteiger partial charge in [-0.15, -0.1) is 0 Å². The van der Waals surface area contributed by atoms with Crippen molar-refractivity contribution in [3.8, 4) is 11.5 Å². The summed E-state index contributed by atoms with van der Waals surface area (Å²) >= 11 is 0. The highest BCUT2D eigenvalue weighted by molar-refractivity contribution is 5.45. The Morgan fingerprint density at radius 1 is 1.38 bits per heavy atom. The normalized spacial score (nSPS) is 15.1. The Morgan fingerprint density at radius 3 is 2.92 bits per heavy atom. The molecular weight excluding hydrogens is 166 g/mol. The van der Waals surface area contributed by atoms with Crippen molar-refractivity contribution in [3.63, 3.8) is 0 Å². The van der Waals surface area contributed by atoms with E-state index in [1.54, 1.807) is 0 Å². The van der Waals surface area contributed by atoms with Gasteiger partial charge in [0.05, 0.1) is 0 Å². The Balaban J connectivity index is 2.37. The molecular formula is C10H9NO2. The second kappa shape index (κ2) is 2.98. The van der Waals surface area contributed by atoms with Gasteiger partial charge in [0.25, 0.3) is 0 Å². The lowest BCUT2D eigenvalue weighted by Crippen LogP contribution is -1.93. The molecule has 0 saturated heterocycles. The average molecular weight is 175 g/mol. The van der Waals surface area contributed by atoms with E-state index >= 15 is 0 Å². The summed E-state index contributed by atoms with van der Waals surface area (Å²) in [5, 5.41) is 0. The number of fused-ring (bicyclic) bond motifs is 1. The van der Waals surface area contributed by atoms with Gasteiger partial charge in [-0.3, -0.25) is 0 Å². The topological polar surface area (TPSA) is 22.8 Å². The highest BCUT2D eigenvalue weighted by atomic mass is 16.7. The van der Waals surface area contributed by atoms with Crippen LogP contribution in [0.15, 0.2) is 18.2 Å². The number of ether oxygens (including phenoxy) is 2. The van der Waals surface area contributed by atoms with Gasteiger partial charge in [-0.05, 0) is 18.2 Å². The fourth-order valence-electron chi connectivity index (χ4n) is 1.25. The zero-order valence-electron chi connectivity index (χ0n) is 7.28. The minimum absolute atomic E-state index is 0.116. The highest BCUT2D eigenvalue weighted by Crippen LogP contribution is 2.34. The molecule has 0 fully saturated rings. The molecule has 1 atom stereocenters. The number of hydrogen-bond acceptors (Lipinski definition) is 2. The number of benzene rings is 1.